The molecule has 1 aliphatic carbocycles. The molecule has 0 spiro atoms. The third-order valence-corrected chi connectivity index (χ3v) is 8.02. The zero-order valence-electron chi connectivity index (χ0n) is 23.9. The van der Waals surface area contributed by atoms with Crippen molar-refractivity contribution in [2.45, 2.75) is 56.8 Å². The molecule has 0 fully saturated rings. The Balaban J connectivity index is 0.00000169. The van der Waals surface area contributed by atoms with Gasteiger partial charge in [-0.15, -0.1) is 0 Å². The Hall–Kier alpha value is -3.39. The topological polar surface area (TPSA) is 173 Å². The lowest BCUT2D eigenvalue weighted by Crippen LogP contribution is -2.50. The van der Waals surface area contributed by atoms with Gasteiger partial charge < -0.3 is 27.6 Å². The summed E-state index contributed by atoms with van der Waals surface area (Å²) in [6.45, 7) is 1.85. The van der Waals surface area contributed by atoms with Gasteiger partial charge in [0, 0.05) is 36.4 Å². The third kappa shape index (κ3) is 9.55. The van der Waals surface area contributed by atoms with Crippen LogP contribution in [0.25, 0.3) is 5.57 Å². The highest BCUT2D eigenvalue weighted by Crippen LogP contribution is 2.42. The van der Waals surface area contributed by atoms with Gasteiger partial charge in [-0.25, -0.2) is 4.98 Å². The van der Waals surface area contributed by atoms with Gasteiger partial charge in [-0.05, 0) is 91.6 Å². The Morgan fingerprint density at radius 1 is 1.23 bits per heavy atom. The van der Waals surface area contributed by atoms with Crippen molar-refractivity contribution in [3.05, 3.63) is 68.5 Å². The molecule has 10 nitrogen and oxygen atoms in total. The van der Waals surface area contributed by atoms with Crippen LogP contribution in [0.2, 0.25) is 10.0 Å². The summed E-state index contributed by atoms with van der Waals surface area (Å²) in [5.41, 5.74) is 20.9. The molecule has 240 valence electrons. The molecule has 0 bridgehead atoms. The fourth-order valence-corrected chi connectivity index (χ4v) is 5.88. The van der Waals surface area contributed by atoms with Crippen LogP contribution in [0.5, 0.6) is 0 Å². The zero-order chi connectivity index (χ0) is 32.4. The number of hydrogen-bond donors (Lipinski definition) is 5. The number of fused-ring (bicyclic) bond motifs is 2. The number of carbonyl (C=O) groups excluding carboxylic acids is 1. The van der Waals surface area contributed by atoms with Gasteiger partial charge in [-0.1, -0.05) is 29.3 Å². The van der Waals surface area contributed by atoms with E-state index in [4.69, 9.17) is 50.3 Å². The van der Waals surface area contributed by atoms with E-state index < -0.39 is 22.9 Å². The molecule has 4 rings (SSSR count). The number of aliphatic imine (C=N–C) groups is 1. The molecule has 44 heavy (non-hydrogen) atoms. The Morgan fingerprint density at radius 2 is 1.95 bits per heavy atom. The first-order valence-corrected chi connectivity index (χ1v) is 14.7. The van der Waals surface area contributed by atoms with Crippen molar-refractivity contribution in [2.24, 2.45) is 22.2 Å². The van der Waals surface area contributed by atoms with Gasteiger partial charge in [0.25, 0.3) is 6.47 Å². The molecule has 1 amide bonds. The number of hydrogen-bond acceptors (Lipinski definition) is 6. The molecule has 2 heterocycles. The Morgan fingerprint density at radius 3 is 2.64 bits per heavy atom. The van der Waals surface area contributed by atoms with Crippen LogP contribution < -0.4 is 22.5 Å². The van der Waals surface area contributed by atoms with E-state index in [1.54, 1.807) is 0 Å². The fourth-order valence-electron chi connectivity index (χ4n) is 5.50. The number of amides is 1. The second-order valence-electron chi connectivity index (χ2n) is 10.4. The number of benzene rings is 1. The Labute approximate surface area is 263 Å². The number of halogens is 5. The second-order valence-corrected chi connectivity index (χ2v) is 11.3. The van der Waals surface area contributed by atoms with Crippen LogP contribution in [0.15, 0.2) is 40.9 Å². The van der Waals surface area contributed by atoms with Crippen LogP contribution in [0.3, 0.4) is 0 Å². The number of nitrogens with two attached hydrogens (primary N) is 3. The normalized spacial score (nSPS) is 16.7. The number of aryl methyl sites for hydroxylation is 1. The number of carbonyl (C=O) groups is 2. The smallest absolute Gasteiger partial charge is 0.434 e. The summed E-state index contributed by atoms with van der Waals surface area (Å²) in [5.74, 6) is -0.262. The minimum Gasteiger partial charge on any atom is -0.483 e. The molecule has 2 atom stereocenters. The molecular weight excluding hydrogens is 622 g/mol. The molecule has 2 aromatic rings. The summed E-state index contributed by atoms with van der Waals surface area (Å²) in [5, 5.41) is 10.2. The first kappa shape index (κ1) is 35.1. The van der Waals surface area contributed by atoms with Crippen molar-refractivity contribution >= 4 is 47.1 Å². The standard InChI is InChI=1S/C28H34Cl2F3N7O.CH2O2/c29-17-6-5-16-13-21-19(20(16)14-17)9-12-40(11-2-3-18-7-8-22(30)25(39-18)28(31,32)33)24(21)15-38-26(41)23(34)4-1-10-37-27(35)36;2-1-3/h5-8,14,23-24H,1-4,9-13,15,34H2,(H,38,41)(H4,35,36,37);1H,(H,2,3)/t23-,24?;/m0./s1. The highest BCUT2D eigenvalue weighted by atomic mass is 35.5. The quantitative estimate of drug-likeness (QED) is 0.105. The van der Waals surface area contributed by atoms with Crippen molar-refractivity contribution in [1.29, 1.82) is 0 Å². The number of pyridine rings is 1. The van der Waals surface area contributed by atoms with E-state index in [-0.39, 0.29) is 24.4 Å². The summed E-state index contributed by atoms with van der Waals surface area (Å²) in [6.07, 6.45) is -1.10. The SMILES string of the molecule is NC(N)=NCCC[C@H](N)C(=O)NCC1C2=C(CCN1CCCc1ccc(Cl)c(C(F)(F)F)n1)c1cc(Cl)ccc1C2.O=CO. The summed E-state index contributed by atoms with van der Waals surface area (Å²) in [6, 6.07) is 7.87. The van der Waals surface area contributed by atoms with Gasteiger partial charge >= 0.3 is 6.18 Å². The van der Waals surface area contributed by atoms with Gasteiger partial charge in [0.05, 0.1) is 11.1 Å². The maximum atomic E-state index is 13.3. The molecule has 1 aliphatic heterocycles. The molecule has 15 heteroatoms. The minimum atomic E-state index is -4.61. The number of guanidine groups is 1. The number of carboxylic acid groups (broad SMARTS) is 1. The molecule has 0 saturated carbocycles. The molecular formula is C29H36Cl2F3N7O3. The first-order valence-electron chi connectivity index (χ1n) is 14.0. The monoisotopic (exact) mass is 657 g/mol. The van der Waals surface area contributed by atoms with E-state index in [1.165, 1.54) is 28.8 Å². The van der Waals surface area contributed by atoms with E-state index in [9.17, 15) is 18.0 Å². The lowest BCUT2D eigenvalue weighted by atomic mass is 9.92. The largest absolute Gasteiger partial charge is 0.483 e. The van der Waals surface area contributed by atoms with Crippen LogP contribution >= 0.6 is 23.2 Å². The number of nitrogens with one attached hydrogen (secondary N) is 1. The Kier molecular flexibility index (Phi) is 12.8. The number of rotatable bonds is 11. The maximum Gasteiger partial charge on any atom is 0.434 e. The van der Waals surface area contributed by atoms with E-state index in [2.05, 4.69) is 20.2 Å². The summed E-state index contributed by atoms with van der Waals surface area (Å²) in [7, 11) is 0. The average molecular weight is 659 g/mol. The molecule has 8 N–H and O–H groups in total. The third-order valence-electron chi connectivity index (χ3n) is 7.48. The van der Waals surface area contributed by atoms with Crippen molar-refractivity contribution in [3.63, 3.8) is 0 Å². The van der Waals surface area contributed by atoms with Crippen molar-refractivity contribution in [2.75, 3.05) is 26.2 Å². The van der Waals surface area contributed by atoms with E-state index in [0.29, 0.717) is 56.0 Å². The van der Waals surface area contributed by atoms with Gasteiger partial charge in [0.15, 0.2) is 11.7 Å². The predicted molar refractivity (Wildman–Crippen MR) is 164 cm³/mol. The van der Waals surface area contributed by atoms with Crippen LogP contribution in [0.4, 0.5) is 13.2 Å². The number of nitrogens with zero attached hydrogens (tertiary/aromatic N) is 3. The van der Waals surface area contributed by atoms with Crippen molar-refractivity contribution < 1.29 is 27.9 Å². The fraction of sp³-hybridized carbons (Fsp3) is 0.448. The van der Waals surface area contributed by atoms with E-state index in [0.717, 1.165) is 24.9 Å². The van der Waals surface area contributed by atoms with Crippen molar-refractivity contribution in [3.8, 4) is 0 Å². The lowest BCUT2D eigenvalue weighted by Gasteiger charge is -2.38. The van der Waals surface area contributed by atoms with Crippen LogP contribution in [0, 0.1) is 0 Å². The summed E-state index contributed by atoms with van der Waals surface area (Å²) in [4.78, 5) is 31.1. The summed E-state index contributed by atoms with van der Waals surface area (Å²) >= 11 is 12.0. The molecule has 0 saturated heterocycles. The Bertz CT molecular complexity index is 1380. The lowest BCUT2D eigenvalue weighted by molar-refractivity contribution is -0.141. The second kappa shape index (κ2) is 16.1. The van der Waals surface area contributed by atoms with E-state index in [1.807, 2.05) is 18.2 Å². The molecule has 1 aromatic heterocycles. The van der Waals surface area contributed by atoms with Gasteiger partial charge in [-0.2, -0.15) is 13.2 Å². The highest BCUT2D eigenvalue weighted by molar-refractivity contribution is 6.31. The number of alkyl halides is 3. The van der Waals surface area contributed by atoms with Gasteiger partial charge in [0.2, 0.25) is 5.91 Å². The zero-order valence-corrected chi connectivity index (χ0v) is 25.4. The first-order chi connectivity index (χ1) is 20.8. The van der Waals surface area contributed by atoms with Crippen LogP contribution in [-0.4, -0.2) is 71.6 Å². The highest BCUT2D eigenvalue weighted by Gasteiger charge is 2.36. The molecule has 1 aromatic carbocycles. The summed E-state index contributed by atoms with van der Waals surface area (Å²) < 4.78 is 39.8. The minimum absolute atomic E-state index is 0.00373. The molecule has 1 unspecified atom stereocenters. The number of aromatic nitrogens is 1. The van der Waals surface area contributed by atoms with Gasteiger partial charge in [0.1, 0.15) is 0 Å². The maximum absolute atomic E-state index is 13.3. The molecule has 2 aliphatic rings. The van der Waals surface area contributed by atoms with Gasteiger partial charge in [-0.3, -0.25) is 19.5 Å². The van der Waals surface area contributed by atoms with Crippen LogP contribution in [-0.2, 0) is 28.6 Å². The van der Waals surface area contributed by atoms with E-state index >= 15 is 0 Å². The molecule has 0 radical (unpaired) electrons. The predicted octanol–water partition coefficient (Wildman–Crippen LogP) is 3.62. The van der Waals surface area contributed by atoms with Crippen LogP contribution in [0.1, 0.15) is 48.2 Å². The average Bonchev–Trinajstić information content (AvgIpc) is 3.32. The van der Waals surface area contributed by atoms with Crippen molar-refractivity contribution in [1.82, 2.24) is 15.2 Å².